The molecular weight excluding hydrogens is 179 g/mol. The molecule has 3 heteroatoms. The summed E-state index contributed by atoms with van der Waals surface area (Å²) in [5.41, 5.74) is 7.02. The quantitative estimate of drug-likeness (QED) is 0.725. The number of nitrogens with two attached hydrogens (primary N) is 1. The molecule has 1 aromatic carbocycles. The van der Waals surface area contributed by atoms with Crippen molar-refractivity contribution in [2.45, 2.75) is 13.3 Å². The van der Waals surface area contributed by atoms with Gasteiger partial charge >= 0.3 is 0 Å². The molecule has 0 aliphatic heterocycles. The number of nitrogen functional groups attached to an aromatic ring is 1. The SMILES string of the molecule is CC1CC1CNc1cc(F)ccc1N. The van der Waals surface area contributed by atoms with Gasteiger partial charge in [-0.05, 0) is 36.5 Å². The number of halogens is 1. The molecule has 2 nitrogen and oxygen atoms in total. The number of hydrogen-bond donors (Lipinski definition) is 2. The molecule has 0 amide bonds. The van der Waals surface area contributed by atoms with Crippen molar-refractivity contribution in [2.24, 2.45) is 11.8 Å². The number of rotatable bonds is 3. The molecule has 1 fully saturated rings. The fourth-order valence-corrected chi connectivity index (χ4v) is 1.61. The standard InChI is InChI=1S/C11H15FN2/c1-7-4-8(7)6-14-11-5-9(12)2-3-10(11)13/h2-3,5,7-8,14H,4,6,13H2,1H3. The predicted molar refractivity (Wildman–Crippen MR) is 56.6 cm³/mol. The summed E-state index contributed by atoms with van der Waals surface area (Å²) in [7, 11) is 0. The molecule has 0 radical (unpaired) electrons. The van der Waals surface area contributed by atoms with E-state index in [1.165, 1.54) is 18.6 Å². The van der Waals surface area contributed by atoms with E-state index in [1.807, 2.05) is 0 Å². The van der Waals surface area contributed by atoms with E-state index in [-0.39, 0.29) is 5.82 Å². The van der Waals surface area contributed by atoms with Crippen LogP contribution in [0.1, 0.15) is 13.3 Å². The first-order valence-electron chi connectivity index (χ1n) is 4.95. The summed E-state index contributed by atoms with van der Waals surface area (Å²) in [6.07, 6.45) is 1.27. The van der Waals surface area contributed by atoms with E-state index < -0.39 is 0 Å². The summed E-state index contributed by atoms with van der Waals surface area (Å²) in [5.74, 6) is 1.29. The molecule has 0 aromatic heterocycles. The normalized spacial score (nSPS) is 24.7. The lowest BCUT2D eigenvalue weighted by atomic mass is 10.2. The van der Waals surface area contributed by atoms with E-state index in [4.69, 9.17) is 5.73 Å². The van der Waals surface area contributed by atoms with Gasteiger partial charge in [0, 0.05) is 6.54 Å². The van der Waals surface area contributed by atoms with Gasteiger partial charge in [0.25, 0.3) is 0 Å². The van der Waals surface area contributed by atoms with Crippen LogP contribution in [-0.4, -0.2) is 6.54 Å². The molecule has 0 heterocycles. The van der Waals surface area contributed by atoms with Crippen LogP contribution >= 0.6 is 0 Å². The van der Waals surface area contributed by atoms with E-state index in [0.717, 1.165) is 18.4 Å². The molecule has 2 rings (SSSR count). The molecule has 2 atom stereocenters. The smallest absolute Gasteiger partial charge is 0.125 e. The van der Waals surface area contributed by atoms with Gasteiger partial charge in [-0.1, -0.05) is 6.92 Å². The van der Waals surface area contributed by atoms with Crippen molar-refractivity contribution in [3.63, 3.8) is 0 Å². The maximum atomic E-state index is 12.9. The Morgan fingerprint density at radius 3 is 2.93 bits per heavy atom. The molecule has 14 heavy (non-hydrogen) atoms. The van der Waals surface area contributed by atoms with Crippen LogP contribution in [0.5, 0.6) is 0 Å². The summed E-state index contributed by atoms with van der Waals surface area (Å²) >= 11 is 0. The Balaban J connectivity index is 1.97. The summed E-state index contributed by atoms with van der Waals surface area (Å²) in [4.78, 5) is 0. The number of nitrogens with one attached hydrogen (secondary N) is 1. The zero-order valence-corrected chi connectivity index (χ0v) is 8.26. The van der Waals surface area contributed by atoms with Gasteiger partial charge in [0.05, 0.1) is 11.4 Å². The van der Waals surface area contributed by atoms with Crippen LogP contribution in [0, 0.1) is 17.7 Å². The van der Waals surface area contributed by atoms with E-state index in [9.17, 15) is 4.39 Å². The molecule has 76 valence electrons. The topological polar surface area (TPSA) is 38.0 Å². The van der Waals surface area contributed by atoms with E-state index in [0.29, 0.717) is 11.4 Å². The molecule has 1 aliphatic carbocycles. The van der Waals surface area contributed by atoms with E-state index in [1.54, 1.807) is 6.07 Å². The van der Waals surface area contributed by atoms with Crippen LogP contribution in [0.4, 0.5) is 15.8 Å². The summed E-state index contributed by atoms with van der Waals surface area (Å²) < 4.78 is 12.9. The van der Waals surface area contributed by atoms with E-state index >= 15 is 0 Å². The molecule has 3 N–H and O–H groups in total. The Bertz CT molecular complexity index is 338. The second kappa shape index (κ2) is 3.48. The lowest BCUT2D eigenvalue weighted by Crippen LogP contribution is -2.06. The third kappa shape index (κ3) is 1.97. The van der Waals surface area contributed by atoms with Crippen molar-refractivity contribution >= 4 is 11.4 Å². The van der Waals surface area contributed by atoms with Crippen LogP contribution < -0.4 is 11.1 Å². The van der Waals surface area contributed by atoms with Gasteiger partial charge in [0.1, 0.15) is 5.82 Å². The van der Waals surface area contributed by atoms with Crippen molar-refractivity contribution in [1.29, 1.82) is 0 Å². The van der Waals surface area contributed by atoms with Gasteiger partial charge in [-0.3, -0.25) is 0 Å². The van der Waals surface area contributed by atoms with Crippen molar-refractivity contribution in [3.8, 4) is 0 Å². The Kier molecular flexibility index (Phi) is 2.32. The lowest BCUT2D eigenvalue weighted by molar-refractivity contribution is 0.628. The molecule has 0 bridgehead atoms. The molecule has 1 saturated carbocycles. The second-order valence-corrected chi connectivity index (χ2v) is 4.09. The van der Waals surface area contributed by atoms with Crippen molar-refractivity contribution < 1.29 is 4.39 Å². The maximum absolute atomic E-state index is 12.9. The van der Waals surface area contributed by atoms with E-state index in [2.05, 4.69) is 12.2 Å². The van der Waals surface area contributed by atoms with Gasteiger partial charge < -0.3 is 11.1 Å². The highest BCUT2D eigenvalue weighted by molar-refractivity contribution is 5.65. The monoisotopic (exact) mass is 194 g/mol. The molecular formula is C11H15FN2. The van der Waals surface area contributed by atoms with Crippen molar-refractivity contribution in [3.05, 3.63) is 24.0 Å². The Morgan fingerprint density at radius 2 is 2.29 bits per heavy atom. The minimum absolute atomic E-state index is 0.245. The zero-order chi connectivity index (χ0) is 10.1. The Hall–Kier alpha value is -1.25. The van der Waals surface area contributed by atoms with Gasteiger partial charge in [0.2, 0.25) is 0 Å². The van der Waals surface area contributed by atoms with Crippen LogP contribution in [0.3, 0.4) is 0 Å². The minimum Gasteiger partial charge on any atom is -0.397 e. The molecule has 2 unspecified atom stereocenters. The largest absolute Gasteiger partial charge is 0.397 e. The van der Waals surface area contributed by atoms with Crippen LogP contribution in [0.25, 0.3) is 0 Å². The number of anilines is 2. The van der Waals surface area contributed by atoms with Crippen molar-refractivity contribution in [1.82, 2.24) is 0 Å². The molecule has 1 aromatic rings. The van der Waals surface area contributed by atoms with Gasteiger partial charge in [-0.2, -0.15) is 0 Å². The molecule has 1 aliphatic rings. The molecule has 0 saturated heterocycles. The highest BCUT2D eigenvalue weighted by Crippen LogP contribution is 2.37. The fourth-order valence-electron chi connectivity index (χ4n) is 1.61. The maximum Gasteiger partial charge on any atom is 0.125 e. The zero-order valence-electron chi connectivity index (χ0n) is 8.26. The lowest BCUT2D eigenvalue weighted by Gasteiger charge is -2.08. The number of hydrogen-bond acceptors (Lipinski definition) is 2. The number of benzene rings is 1. The molecule has 0 spiro atoms. The summed E-state index contributed by atoms with van der Waals surface area (Å²) in [6.45, 7) is 3.12. The average Bonchev–Trinajstić information content (AvgIpc) is 2.84. The van der Waals surface area contributed by atoms with Crippen LogP contribution in [-0.2, 0) is 0 Å². The first-order chi connectivity index (χ1) is 6.66. The van der Waals surface area contributed by atoms with Crippen LogP contribution in [0.2, 0.25) is 0 Å². The summed E-state index contributed by atoms with van der Waals surface area (Å²) in [5, 5.41) is 3.18. The van der Waals surface area contributed by atoms with Gasteiger partial charge in [0.15, 0.2) is 0 Å². The highest BCUT2D eigenvalue weighted by atomic mass is 19.1. The minimum atomic E-state index is -0.245. The Labute approximate surface area is 83.3 Å². The van der Waals surface area contributed by atoms with Gasteiger partial charge in [-0.15, -0.1) is 0 Å². The van der Waals surface area contributed by atoms with Crippen molar-refractivity contribution in [2.75, 3.05) is 17.6 Å². The first kappa shape index (κ1) is 9.31. The first-order valence-corrected chi connectivity index (χ1v) is 4.95. The van der Waals surface area contributed by atoms with Gasteiger partial charge in [-0.25, -0.2) is 4.39 Å². The summed E-state index contributed by atoms with van der Waals surface area (Å²) in [6, 6.07) is 4.41. The third-order valence-electron chi connectivity index (χ3n) is 2.85. The van der Waals surface area contributed by atoms with Crippen LogP contribution in [0.15, 0.2) is 18.2 Å². The fraction of sp³-hybridized carbons (Fsp3) is 0.455. The third-order valence-corrected chi connectivity index (χ3v) is 2.85. The Morgan fingerprint density at radius 1 is 1.57 bits per heavy atom. The predicted octanol–water partition coefficient (Wildman–Crippen LogP) is 2.48. The second-order valence-electron chi connectivity index (χ2n) is 4.09. The highest BCUT2D eigenvalue weighted by Gasteiger charge is 2.31. The average molecular weight is 194 g/mol.